The Hall–Kier alpha value is -3.27. The van der Waals surface area contributed by atoms with Crippen LogP contribution in [0.25, 0.3) is 0 Å². The van der Waals surface area contributed by atoms with Gasteiger partial charge in [-0.15, -0.1) is 0 Å². The van der Waals surface area contributed by atoms with Gasteiger partial charge in [-0.3, -0.25) is 0 Å². The van der Waals surface area contributed by atoms with Crippen LogP contribution in [0.4, 0.5) is 0 Å². The maximum Gasteiger partial charge on any atom is 0.344 e. The number of aromatic hydroxyl groups is 1. The molecule has 0 amide bonds. The number of rotatable bonds is 7. The molecule has 0 fully saturated rings. The molecular weight excluding hydrogens is 352 g/mol. The third-order valence-electron chi connectivity index (χ3n) is 4.57. The van der Waals surface area contributed by atoms with Crippen molar-refractivity contribution in [3.63, 3.8) is 0 Å². The summed E-state index contributed by atoms with van der Waals surface area (Å²) >= 11 is 0. The minimum Gasteiger partial charge on any atom is -0.508 e. The van der Waals surface area contributed by atoms with E-state index in [1.54, 1.807) is 24.3 Å². The van der Waals surface area contributed by atoms with Gasteiger partial charge in [-0.2, -0.15) is 0 Å². The van der Waals surface area contributed by atoms with E-state index in [-0.39, 0.29) is 19.0 Å². The van der Waals surface area contributed by atoms with Crippen LogP contribution >= 0.6 is 0 Å². The van der Waals surface area contributed by atoms with Gasteiger partial charge in [-0.1, -0.05) is 42.5 Å². The molecule has 0 aliphatic heterocycles. The molecule has 1 N–H and O–H groups in total. The van der Waals surface area contributed by atoms with Crippen molar-refractivity contribution in [2.45, 2.75) is 26.9 Å². The molecule has 4 nitrogen and oxygen atoms in total. The minimum atomic E-state index is -0.396. The molecule has 28 heavy (non-hydrogen) atoms. The molecule has 0 saturated carbocycles. The van der Waals surface area contributed by atoms with Crippen molar-refractivity contribution in [2.24, 2.45) is 0 Å². The summed E-state index contributed by atoms with van der Waals surface area (Å²) in [6.07, 6.45) is 0.795. The van der Waals surface area contributed by atoms with E-state index in [1.807, 2.05) is 42.5 Å². The number of esters is 1. The Bertz CT molecular complexity index is 908. The lowest BCUT2D eigenvalue weighted by atomic mass is 9.94. The SMILES string of the molecule is Cc1cc(COC(=O)COc2ccccc2)cc(C)c1Cc1ccc(O)cc1. The van der Waals surface area contributed by atoms with Crippen molar-refractivity contribution in [3.8, 4) is 11.5 Å². The van der Waals surface area contributed by atoms with Crippen LogP contribution in [0, 0.1) is 13.8 Å². The Morgan fingerprint density at radius 3 is 2.18 bits per heavy atom. The highest BCUT2D eigenvalue weighted by Crippen LogP contribution is 2.22. The average molecular weight is 376 g/mol. The number of hydrogen-bond acceptors (Lipinski definition) is 4. The number of hydrogen-bond donors (Lipinski definition) is 1. The predicted octanol–water partition coefficient (Wildman–Crippen LogP) is 4.72. The molecule has 0 saturated heterocycles. The zero-order valence-corrected chi connectivity index (χ0v) is 16.1. The summed E-state index contributed by atoms with van der Waals surface area (Å²) < 4.78 is 10.7. The fraction of sp³-hybridized carbons (Fsp3) is 0.208. The fourth-order valence-electron chi connectivity index (χ4n) is 3.13. The minimum absolute atomic E-state index is 0.110. The number of aryl methyl sites for hydroxylation is 2. The van der Waals surface area contributed by atoms with Crippen LogP contribution in [-0.4, -0.2) is 17.7 Å². The van der Waals surface area contributed by atoms with E-state index < -0.39 is 5.97 Å². The highest BCUT2D eigenvalue weighted by molar-refractivity contribution is 5.71. The number of benzene rings is 3. The first-order valence-corrected chi connectivity index (χ1v) is 9.21. The van der Waals surface area contributed by atoms with Crippen LogP contribution in [0.2, 0.25) is 0 Å². The van der Waals surface area contributed by atoms with E-state index in [0.29, 0.717) is 5.75 Å². The number of carbonyl (C=O) groups excluding carboxylic acids is 1. The first-order valence-electron chi connectivity index (χ1n) is 9.21. The molecule has 0 spiro atoms. The molecule has 3 aromatic carbocycles. The molecule has 0 unspecified atom stereocenters. The second kappa shape index (κ2) is 9.09. The van der Waals surface area contributed by atoms with Gasteiger partial charge in [-0.25, -0.2) is 4.79 Å². The number of carbonyl (C=O) groups is 1. The van der Waals surface area contributed by atoms with E-state index in [1.165, 1.54) is 5.56 Å². The topological polar surface area (TPSA) is 55.8 Å². The molecule has 0 atom stereocenters. The van der Waals surface area contributed by atoms with Crippen molar-refractivity contribution < 1.29 is 19.4 Å². The third-order valence-corrected chi connectivity index (χ3v) is 4.57. The second-order valence-electron chi connectivity index (χ2n) is 6.81. The van der Waals surface area contributed by atoms with Crippen LogP contribution in [-0.2, 0) is 22.6 Å². The molecule has 0 aromatic heterocycles. The zero-order valence-electron chi connectivity index (χ0n) is 16.1. The van der Waals surface area contributed by atoms with Crippen LogP contribution < -0.4 is 4.74 Å². The summed E-state index contributed by atoms with van der Waals surface area (Å²) in [4.78, 5) is 11.9. The van der Waals surface area contributed by atoms with Crippen molar-refractivity contribution in [1.29, 1.82) is 0 Å². The average Bonchev–Trinajstić information content (AvgIpc) is 2.70. The summed E-state index contributed by atoms with van der Waals surface area (Å²) in [5.74, 6) is 0.516. The zero-order chi connectivity index (χ0) is 19.9. The number of phenolic OH excluding ortho intramolecular Hbond substituents is 1. The van der Waals surface area contributed by atoms with Gasteiger partial charge in [0.1, 0.15) is 18.1 Å². The van der Waals surface area contributed by atoms with Crippen molar-refractivity contribution in [1.82, 2.24) is 0 Å². The Morgan fingerprint density at radius 1 is 0.893 bits per heavy atom. The molecule has 0 bridgehead atoms. The Labute approximate surface area is 165 Å². The van der Waals surface area contributed by atoms with Crippen LogP contribution in [0.15, 0.2) is 66.7 Å². The normalized spacial score (nSPS) is 10.5. The van der Waals surface area contributed by atoms with E-state index in [9.17, 15) is 9.90 Å². The molecule has 3 rings (SSSR count). The Balaban J connectivity index is 1.57. The second-order valence-corrected chi connectivity index (χ2v) is 6.81. The van der Waals surface area contributed by atoms with Crippen molar-refractivity contribution in [2.75, 3.05) is 6.61 Å². The molecule has 3 aromatic rings. The molecule has 0 radical (unpaired) electrons. The fourth-order valence-corrected chi connectivity index (χ4v) is 3.13. The summed E-state index contributed by atoms with van der Waals surface area (Å²) in [5, 5.41) is 9.42. The van der Waals surface area contributed by atoms with E-state index in [4.69, 9.17) is 9.47 Å². The highest BCUT2D eigenvalue weighted by atomic mass is 16.6. The van der Waals surface area contributed by atoms with Gasteiger partial charge in [0.15, 0.2) is 6.61 Å². The maximum absolute atomic E-state index is 11.9. The van der Waals surface area contributed by atoms with Crippen LogP contribution in [0.5, 0.6) is 11.5 Å². The Morgan fingerprint density at radius 2 is 1.54 bits per heavy atom. The van der Waals surface area contributed by atoms with Gasteiger partial charge in [0, 0.05) is 0 Å². The smallest absolute Gasteiger partial charge is 0.344 e. The molecule has 0 heterocycles. The lowest BCUT2D eigenvalue weighted by Crippen LogP contribution is -2.15. The number of phenols is 1. The summed E-state index contributed by atoms with van der Waals surface area (Å²) in [6, 6.07) is 20.5. The third kappa shape index (κ3) is 5.36. The van der Waals surface area contributed by atoms with E-state index in [2.05, 4.69) is 13.8 Å². The quantitative estimate of drug-likeness (QED) is 0.606. The van der Waals surface area contributed by atoms with Crippen LogP contribution in [0.3, 0.4) is 0 Å². The first-order chi connectivity index (χ1) is 13.5. The largest absolute Gasteiger partial charge is 0.508 e. The van der Waals surface area contributed by atoms with Gasteiger partial charge < -0.3 is 14.6 Å². The molecule has 0 aliphatic carbocycles. The van der Waals surface area contributed by atoms with E-state index in [0.717, 1.165) is 28.7 Å². The van der Waals surface area contributed by atoms with Crippen molar-refractivity contribution >= 4 is 5.97 Å². The predicted molar refractivity (Wildman–Crippen MR) is 109 cm³/mol. The monoisotopic (exact) mass is 376 g/mol. The summed E-state index contributed by atoms with van der Waals surface area (Å²) in [6.45, 7) is 4.23. The van der Waals surface area contributed by atoms with Crippen molar-refractivity contribution in [3.05, 3.63) is 94.5 Å². The van der Waals surface area contributed by atoms with Gasteiger partial charge >= 0.3 is 5.97 Å². The van der Waals surface area contributed by atoms with Crippen LogP contribution in [0.1, 0.15) is 27.8 Å². The number of para-hydroxylation sites is 1. The maximum atomic E-state index is 11.9. The highest BCUT2D eigenvalue weighted by Gasteiger charge is 2.09. The lowest BCUT2D eigenvalue weighted by Gasteiger charge is -2.13. The van der Waals surface area contributed by atoms with Gasteiger partial charge in [0.2, 0.25) is 0 Å². The summed E-state index contributed by atoms with van der Waals surface area (Å²) in [7, 11) is 0. The van der Waals surface area contributed by atoms with E-state index >= 15 is 0 Å². The standard InChI is InChI=1S/C24H24O4/c1-17-12-20(15-28-24(26)16-27-22-6-4-3-5-7-22)13-18(2)23(17)14-19-8-10-21(25)11-9-19/h3-13,25H,14-16H2,1-2H3. The molecule has 0 aliphatic rings. The van der Waals surface area contributed by atoms with Gasteiger partial charge in [0.25, 0.3) is 0 Å². The number of ether oxygens (including phenoxy) is 2. The summed E-state index contributed by atoms with van der Waals surface area (Å²) in [5.41, 5.74) is 5.64. The lowest BCUT2D eigenvalue weighted by molar-refractivity contribution is -0.147. The van der Waals surface area contributed by atoms with Gasteiger partial charge in [0.05, 0.1) is 0 Å². The molecule has 4 heteroatoms. The first kappa shape index (κ1) is 19.5. The van der Waals surface area contributed by atoms with Gasteiger partial charge in [-0.05, 0) is 72.4 Å². The Kier molecular flexibility index (Phi) is 6.33. The molecule has 144 valence electrons. The molecular formula is C24H24O4.